The van der Waals surface area contributed by atoms with E-state index in [1.807, 2.05) is 18.7 Å². The summed E-state index contributed by atoms with van der Waals surface area (Å²) >= 11 is 0. The Morgan fingerprint density at radius 1 is 1.57 bits per heavy atom. The summed E-state index contributed by atoms with van der Waals surface area (Å²) in [5.74, 6) is 0.127. The SMILES string of the molecule is CC(C)=CC(=O)N1CCC(C)(CN)C1. The second kappa shape index (κ2) is 4.13. The van der Waals surface area contributed by atoms with E-state index in [-0.39, 0.29) is 11.3 Å². The number of nitrogens with two attached hydrogens (primary N) is 1. The molecule has 0 bridgehead atoms. The Balaban J connectivity index is 2.58. The molecule has 1 saturated heterocycles. The van der Waals surface area contributed by atoms with E-state index >= 15 is 0 Å². The minimum Gasteiger partial charge on any atom is -0.339 e. The van der Waals surface area contributed by atoms with E-state index in [9.17, 15) is 4.79 Å². The molecule has 1 atom stereocenters. The highest BCUT2D eigenvalue weighted by Gasteiger charge is 2.33. The van der Waals surface area contributed by atoms with Gasteiger partial charge in [0.05, 0.1) is 0 Å². The predicted octanol–water partition coefficient (Wildman–Crippen LogP) is 1.15. The second-order valence-corrected chi connectivity index (χ2v) is 4.75. The van der Waals surface area contributed by atoms with Crippen LogP contribution in [0.4, 0.5) is 0 Å². The number of amides is 1. The summed E-state index contributed by atoms with van der Waals surface area (Å²) in [4.78, 5) is 13.6. The van der Waals surface area contributed by atoms with Crippen molar-refractivity contribution in [1.82, 2.24) is 4.90 Å². The predicted molar refractivity (Wildman–Crippen MR) is 57.8 cm³/mol. The highest BCUT2D eigenvalue weighted by atomic mass is 16.2. The van der Waals surface area contributed by atoms with Gasteiger partial charge in [0.1, 0.15) is 0 Å². The largest absolute Gasteiger partial charge is 0.339 e. The Labute approximate surface area is 86.0 Å². The molecule has 0 aromatic rings. The number of likely N-dealkylation sites (tertiary alicyclic amines) is 1. The lowest BCUT2D eigenvalue weighted by Crippen LogP contribution is -2.33. The van der Waals surface area contributed by atoms with Gasteiger partial charge in [0, 0.05) is 19.2 Å². The van der Waals surface area contributed by atoms with Crippen LogP contribution in [0.5, 0.6) is 0 Å². The Bertz CT molecular complexity index is 256. The average molecular weight is 196 g/mol. The van der Waals surface area contributed by atoms with Crippen LogP contribution in [0, 0.1) is 5.41 Å². The third-order valence-electron chi connectivity index (χ3n) is 2.77. The number of rotatable bonds is 2. The first kappa shape index (κ1) is 11.2. The van der Waals surface area contributed by atoms with Crippen LogP contribution < -0.4 is 5.73 Å². The molecule has 0 aromatic carbocycles. The molecule has 1 fully saturated rings. The molecule has 3 nitrogen and oxygen atoms in total. The third kappa shape index (κ3) is 2.58. The Morgan fingerprint density at radius 2 is 2.21 bits per heavy atom. The van der Waals surface area contributed by atoms with Crippen molar-refractivity contribution in [1.29, 1.82) is 0 Å². The van der Waals surface area contributed by atoms with Gasteiger partial charge >= 0.3 is 0 Å². The topological polar surface area (TPSA) is 46.3 Å². The van der Waals surface area contributed by atoms with Crippen molar-refractivity contribution in [2.45, 2.75) is 27.2 Å². The Morgan fingerprint density at radius 3 is 2.64 bits per heavy atom. The molecular formula is C11H20N2O. The third-order valence-corrected chi connectivity index (χ3v) is 2.77. The van der Waals surface area contributed by atoms with Crippen molar-refractivity contribution in [2.24, 2.45) is 11.1 Å². The molecule has 1 aliphatic heterocycles. The van der Waals surface area contributed by atoms with E-state index in [0.29, 0.717) is 6.54 Å². The van der Waals surface area contributed by atoms with Gasteiger partial charge in [0.25, 0.3) is 0 Å². The maximum absolute atomic E-state index is 11.7. The first-order valence-corrected chi connectivity index (χ1v) is 5.11. The molecule has 1 unspecified atom stereocenters. The van der Waals surface area contributed by atoms with Crippen LogP contribution in [0.3, 0.4) is 0 Å². The first-order chi connectivity index (χ1) is 6.47. The molecule has 80 valence electrons. The van der Waals surface area contributed by atoms with Crippen molar-refractivity contribution >= 4 is 5.91 Å². The monoisotopic (exact) mass is 196 g/mol. The maximum atomic E-state index is 11.7. The van der Waals surface area contributed by atoms with Crippen LogP contribution in [0.1, 0.15) is 27.2 Å². The van der Waals surface area contributed by atoms with Crippen molar-refractivity contribution in [2.75, 3.05) is 19.6 Å². The van der Waals surface area contributed by atoms with Gasteiger partial charge in [0.2, 0.25) is 5.91 Å². The fourth-order valence-corrected chi connectivity index (χ4v) is 1.72. The smallest absolute Gasteiger partial charge is 0.246 e. The number of allylic oxidation sites excluding steroid dienone is 1. The fraction of sp³-hybridized carbons (Fsp3) is 0.727. The van der Waals surface area contributed by atoms with Crippen LogP contribution in [-0.2, 0) is 4.79 Å². The van der Waals surface area contributed by atoms with Gasteiger partial charge in [-0.05, 0) is 32.2 Å². The molecule has 0 spiro atoms. The van der Waals surface area contributed by atoms with Crippen molar-refractivity contribution in [3.63, 3.8) is 0 Å². The van der Waals surface area contributed by atoms with Crippen LogP contribution in [0.2, 0.25) is 0 Å². The van der Waals surface area contributed by atoms with Gasteiger partial charge in [-0.2, -0.15) is 0 Å². The summed E-state index contributed by atoms with van der Waals surface area (Å²) in [6.45, 7) is 8.32. The minimum atomic E-state index is 0.127. The van der Waals surface area contributed by atoms with E-state index in [1.54, 1.807) is 6.08 Å². The maximum Gasteiger partial charge on any atom is 0.246 e. The Kier molecular flexibility index (Phi) is 3.32. The quantitative estimate of drug-likeness (QED) is 0.673. The fourth-order valence-electron chi connectivity index (χ4n) is 1.72. The zero-order chi connectivity index (χ0) is 10.8. The zero-order valence-electron chi connectivity index (χ0n) is 9.34. The van der Waals surface area contributed by atoms with Crippen molar-refractivity contribution < 1.29 is 4.79 Å². The summed E-state index contributed by atoms with van der Waals surface area (Å²) in [6, 6.07) is 0. The van der Waals surface area contributed by atoms with Gasteiger partial charge in [-0.15, -0.1) is 0 Å². The van der Waals surface area contributed by atoms with Gasteiger partial charge in [0.15, 0.2) is 0 Å². The lowest BCUT2D eigenvalue weighted by Gasteiger charge is -2.21. The molecule has 0 saturated carbocycles. The lowest BCUT2D eigenvalue weighted by molar-refractivity contribution is -0.125. The summed E-state index contributed by atoms with van der Waals surface area (Å²) in [5, 5.41) is 0. The van der Waals surface area contributed by atoms with E-state index in [4.69, 9.17) is 5.73 Å². The van der Waals surface area contributed by atoms with Crippen LogP contribution in [-0.4, -0.2) is 30.4 Å². The second-order valence-electron chi connectivity index (χ2n) is 4.75. The zero-order valence-corrected chi connectivity index (χ0v) is 9.34. The highest BCUT2D eigenvalue weighted by Crippen LogP contribution is 2.28. The average Bonchev–Trinajstić information content (AvgIpc) is 2.48. The molecule has 3 heteroatoms. The van der Waals surface area contributed by atoms with E-state index in [1.165, 1.54) is 0 Å². The molecule has 0 radical (unpaired) electrons. The van der Waals surface area contributed by atoms with Crippen molar-refractivity contribution in [3.05, 3.63) is 11.6 Å². The Hall–Kier alpha value is -0.830. The summed E-state index contributed by atoms with van der Waals surface area (Å²) in [5.41, 5.74) is 6.86. The molecule has 0 aromatic heterocycles. The molecule has 1 rings (SSSR count). The standard InChI is InChI=1S/C11H20N2O/c1-9(2)6-10(14)13-5-4-11(3,7-12)8-13/h6H,4-5,7-8,12H2,1-3H3. The number of nitrogens with zero attached hydrogens (tertiary/aromatic N) is 1. The van der Waals surface area contributed by atoms with Gasteiger partial charge < -0.3 is 10.6 Å². The summed E-state index contributed by atoms with van der Waals surface area (Å²) in [7, 11) is 0. The highest BCUT2D eigenvalue weighted by molar-refractivity contribution is 5.88. The first-order valence-electron chi connectivity index (χ1n) is 5.11. The number of hydrogen-bond donors (Lipinski definition) is 1. The van der Waals surface area contributed by atoms with Gasteiger partial charge in [-0.3, -0.25) is 4.79 Å². The van der Waals surface area contributed by atoms with Crippen LogP contribution in [0.15, 0.2) is 11.6 Å². The van der Waals surface area contributed by atoms with Gasteiger partial charge in [-0.1, -0.05) is 12.5 Å². The number of hydrogen-bond acceptors (Lipinski definition) is 2. The molecular weight excluding hydrogens is 176 g/mol. The summed E-state index contributed by atoms with van der Waals surface area (Å²) in [6.07, 6.45) is 2.72. The normalized spacial score (nSPS) is 26.4. The lowest BCUT2D eigenvalue weighted by atomic mass is 9.90. The molecule has 14 heavy (non-hydrogen) atoms. The molecule has 2 N–H and O–H groups in total. The minimum absolute atomic E-state index is 0.127. The van der Waals surface area contributed by atoms with E-state index in [2.05, 4.69) is 6.92 Å². The van der Waals surface area contributed by atoms with Gasteiger partial charge in [-0.25, -0.2) is 0 Å². The summed E-state index contributed by atoms with van der Waals surface area (Å²) < 4.78 is 0. The van der Waals surface area contributed by atoms with E-state index in [0.717, 1.165) is 25.1 Å². The molecule has 1 heterocycles. The van der Waals surface area contributed by atoms with E-state index < -0.39 is 0 Å². The molecule has 1 aliphatic rings. The number of carbonyl (C=O) groups is 1. The van der Waals surface area contributed by atoms with Crippen LogP contribution >= 0.6 is 0 Å². The van der Waals surface area contributed by atoms with Crippen LogP contribution in [0.25, 0.3) is 0 Å². The molecule has 0 aliphatic carbocycles. The molecule has 1 amide bonds. The van der Waals surface area contributed by atoms with Crippen molar-refractivity contribution in [3.8, 4) is 0 Å². The number of carbonyl (C=O) groups excluding carboxylic acids is 1.